The second kappa shape index (κ2) is 7.38. The van der Waals surface area contributed by atoms with Crippen molar-refractivity contribution in [3.05, 3.63) is 48.5 Å². The molecule has 2 aromatic carbocycles. The van der Waals surface area contributed by atoms with Gasteiger partial charge in [0.15, 0.2) is 0 Å². The highest BCUT2D eigenvalue weighted by molar-refractivity contribution is 5.94. The van der Waals surface area contributed by atoms with Gasteiger partial charge >= 0.3 is 0 Å². The van der Waals surface area contributed by atoms with Crippen LogP contribution in [0.4, 0.5) is 22.7 Å². The maximum Gasteiger partial charge on any atom is 0.227 e. The monoisotopic (exact) mass is 350 g/mol. The maximum atomic E-state index is 11.8. The van der Waals surface area contributed by atoms with Crippen molar-refractivity contribution < 1.29 is 4.79 Å². The minimum absolute atomic E-state index is 0.144. The SMILES string of the molecule is CN1CCN(c2ccc(Nc3ccc(NC(=O)C4CC4)cc3)cc2)CC1. The Balaban J connectivity index is 1.34. The first-order chi connectivity index (χ1) is 12.7. The molecule has 1 aliphatic heterocycles. The summed E-state index contributed by atoms with van der Waals surface area (Å²) in [7, 11) is 2.17. The third kappa shape index (κ3) is 4.17. The van der Waals surface area contributed by atoms with E-state index in [0.717, 1.165) is 56.1 Å². The molecule has 1 heterocycles. The molecule has 5 heteroatoms. The largest absolute Gasteiger partial charge is 0.369 e. The predicted octanol–water partition coefficient (Wildman–Crippen LogP) is 3.53. The van der Waals surface area contributed by atoms with Crippen molar-refractivity contribution >= 4 is 28.7 Å². The number of carbonyl (C=O) groups excluding carboxylic acids is 1. The van der Waals surface area contributed by atoms with Gasteiger partial charge in [0, 0.05) is 54.8 Å². The minimum atomic E-state index is 0.144. The molecule has 1 saturated carbocycles. The summed E-state index contributed by atoms with van der Waals surface area (Å²) in [5.74, 6) is 0.372. The molecule has 5 nitrogen and oxygen atoms in total. The van der Waals surface area contributed by atoms with E-state index in [-0.39, 0.29) is 11.8 Å². The van der Waals surface area contributed by atoms with Gasteiger partial charge in [-0.25, -0.2) is 0 Å². The standard InChI is InChI=1S/C21H26N4O/c1-24-12-14-25(15-13-24)20-10-8-18(9-11-20)22-17-4-6-19(7-5-17)23-21(26)16-2-3-16/h4-11,16,22H,2-3,12-15H2,1H3,(H,23,26). The van der Waals surface area contributed by atoms with Crippen LogP contribution < -0.4 is 15.5 Å². The smallest absolute Gasteiger partial charge is 0.227 e. The van der Waals surface area contributed by atoms with Crippen LogP contribution in [0.15, 0.2) is 48.5 Å². The summed E-state index contributed by atoms with van der Waals surface area (Å²) in [4.78, 5) is 16.6. The van der Waals surface area contributed by atoms with E-state index in [1.807, 2.05) is 24.3 Å². The quantitative estimate of drug-likeness (QED) is 0.866. The molecule has 1 amide bonds. The Hall–Kier alpha value is -2.53. The molecule has 2 aromatic rings. The third-order valence-electron chi connectivity index (χ3n) is 5.12. The first-order valence-corrected chi connectivity index (χ1v) is 9.39. The van der Waals surface area contributed by atoms with E-state index >= 15 is 0 Å². The number of carbonyl (C=O) groups is 1. The summed E-state index contributed by atoms with van der Waals surface area (Å²) < 4.78 is 0. The average Bonchev–Trinajstić information content (AvgIpc) is 3.50. The molecule has 0 spiro atoms. The van der Waals surface area contributed by atoms with Gasteiger partial charge in [-0.05, 0) is 68.4 Å². The summed E-state index contributed by atoms with van der Waals surface area (Å²) >= 11 is 0. The molecule has 0 radical (unpaired) electrons. The van der Waals surface area contributed by atoms with Crippen LogP contribution in [0.3, 0.4) is 0 Å². The van der Waals surface area contributed by atoms with E-state index in [9.17, 15) is 4.79 Å². The Morgan fingerprint density at radius 3 is 1.96 bits per heavy atom. The van der Waals surface area contributed by atoms with Crippen LogP contribution in [0, 0.1) is 5.92 Å². The number of nitrogens with one attached hydrogen (secondary N) is 2. The van der Waals surface area contributed by atoms with Crippen LogP contribution in [-0.4, -0.2) is 44.0 Å². The second-order valence-corrected chi connectivity index (χ2v) is 7.30. The van der Waals surface area contributed by atoms with Crippen molar-refractivity contribution in [3.63, 3.8) is 0 Å². The molecule has 26 heavy (non-hydrogen) atoms. The van der Waals surface area contributed by atoms with Gasteiger partial charge in [0.2, 0.25) is 5.91 Å². The Bertz CT molecular complexity index is 745. The fourth-order valence-electron chi connectivity index (χ4n) is 3.21. The van der Waals surface area contributed by atoms with Crippen molar-refractivity contribution in [1.82, 2.24) is 4.90 Å². The molecular formula is C21H26N4O. The maximum absolute atomic E-state index is 11.8. The lowest BCUT2D eigenvalue weighted by molar-refractivity contribution is -0.117. The fourth-order valence-corrected chi connectivity index (χ4v) is 3.21. The molecule has 2 aliphatic rings. The van der Waals surface area contributed by atoms with E-state index in [4.69, 9.17) is 0 Å². The first-order valence-electron chi connectivity index (χ1n) is 9.39. The molecule has 0 bridgehead atoms. The molecule has 136 valence electrons. The topological polar surface area (TPSA) is 47.6 Å². The number of hydrogen-bond acceptors (Lipinski definition) is 4. The van der Waals surface area contributed by atoms with Crippen LogP contribution in [0.5, 0.6) is 0 Å². The van der Waals surface area contributed by atoms with Crippen molar-refractivity contribution in [2.45, 2.75) is 12.8 Å². The zero-order valence-corrected chi connectivity index (χ0v) is 15.2. The van der Waals surface area contributed by atoms with Gasteiger partial charge in [-0.1, -0.05) is 0 Å². The molecule has 0 aromatic heterocycles. The van der Waals surface area contributed by atoms with Gasteiger partial charge < -0.3 is 20.4 Å². The number of hydrogen-bond donors (Lipinski definition) is 2. The molecule has 0 atom stereocenters. The number of amides is 1. The van der Waals surface area contributed by atoms with E-state index in [0.29, 0.717) is 0 Å². The summed E-state index contributed by atoms with van der Waals surface area (Å²) in [5.41, 5.74) is 4.22. The molecule has 2 N–H and O–H groups in total. The Morgan fingerprint density at radius 1 is 0.846 bits per heavy atom. The van der Waals surface area contributed by atoms with E-state index in [1.54, 1.807) is 0 Å². The van der Waals surface area contributed by atoms with Gasteiger partial charge in [-0.15, -0.1) is 0 Å². The number of nitrogens with zero attached hydrogens (tertiary/aromatic N) is 2. The van der Waals surface area contributed by atoms with Gasteiger partial charge in [-0.3, -0.25) is 4.79 Å². The number of benzene rings is 2. The van der Waals surface area contributed by atoms with E-state index < -0.39 is 0 Å². The molecule has 2 fully saturated rings. The summed E-state index contributed by atoms with van der Waals surface area (Å²) in [6, 6.07) is 16.5. The Labute approximate surface area is 155 Å². The lowest BCUT2D eigenvalue weighted by Gasteiger charge is -2.34. The zero-order chi connectivity index (χ0) is 17.9. The molecule has 0 unspecified atom stereocenters. The van der Waals surface area contributed by atoms with Crippen LogP contribution in [0.25, 0.3) is 0 Å². The highest BCUT2D eigenvalue weighted by Crippen LogP contribution is 2.30. The number of likely N-dealkylation sites (N-methyl/N-ethyl adjacent to an activating group) is 1. The van der Waals surface area contributed by atoms with E-state index in [1.165, 1.54) is 5.69 Å². The second-order valence-electron chi connectivity index (χ2n) is 7.30. The Kier molecular flexibility index (Phi) is 4.80. The van der Waals surface area contributed by atoms with Crippen LogP contribution in [0.1, 0.15) is 12.8 Å². The van der Waals surface area contributed by atoms with Crippen LogP contribution >= 0.6 is 0 Å². The number of anilines is 4. The number of piperazine rings is 1. The molecule has 4 rings (SSSR count). The lowest BCUT2D eigenvalue weighted by Crippen LogP contribution is -2.44. The number of rotatable bonds is 5. The molecular weight excluding hydrogens is 324 g/mol. The normalized spacial score (nSPS) is 17.8. The third-order valence-corrected chi connectivity index (χ3v) is 5.12. The minimum Gasteiger partial charge on any atom is -0.369 e. The first kappa shape index (κ1) is 16.9. The summed E-state index contributed by atoms with van der Waals surface area (Å²) in [5, 5.41) is 6.38. The van der Waals surface area contributed by atoms with Gasteiger partial charge in [-0.2, -0.15) is 0 Å². The predicted molar refractivity (Wildman–Crippen MR) is 107 cm³/mol. The highest BCUT2D eigenvalue weighted by atomic mass is 16.2. The summed E-state index contributed by atoms with van der Waals surface area (Å²) in [6.45, 7) is 4.39. The summed E-state index contributed by atoms with van der Waals surface area (Å²) in [6.07, 6.45) is 2.05. The van der Waals surface area contributed by atoms with Gasteiger partial charge in [0.1, 0.15) is 0 Å². The Morgan fingerprint density at radius 2 is 1.38 bits per heavy atom. The molecule has 1 saturated heterocycles. The van der Waals surface area contributed by atoms with Crippen LogP contribution in [0.2, 0.25) is 0 Å². The lowest BCUT2D eigenvalue weighted by atomic mass is 10.2. The van der Waals surface area contributed by atoms with Gasteiger partial charge in [0.05, 0.1) is 0 Å². The van der Waals surface area contributed by atoms with Crippen molar-refractivity contribution in [1.29, 1.82) is 0 Å². The fraction of sp³-hybridized carbons (Fsp3) is 0.381. The van der Waals surface area contributed by atoms with Crippen LogP contribution in [-0.2, 0) is 4.79 Å². The van der Waals surface area contributed by atoms with Crippen molar-refractivity contribution in [2.75, 3.05) is 48.8 Å². The highest BCUT2D eigenvalue weighted by Gasteiger charge is 2.29. The average molecular weight is 350 g/mol. The van der Waals surface area contributed by atoms with Gasteiger partial charge in [0.25, 0.3) is 0 Å². The zero-order valence-electron chi connectivity index (χ0n) is 15.2. The van der Waals surface area contributed by atoms with Crippen molar-refractivity contribution in [3.8, 4) is 0 Å². The van der Waals surface area contributed by atoms with E-state index in [2.05, 4.69) is 51.7 Å². The molecule has 1 aliphatic carbocycles. The van der Waals surface area contributed by atoms with Crippen molar-refractivity contribution in [2.24, 2.45) is 5.92 Å².